The van der Waals surface area contributed by atoms with E-state index in [9.17, 15) is 4.39 Å². The lowest BCUT2D eigenvalue weighted by Crippen LogP contribution is -2.58. The monoisotopic (exact) mass is 417 g/mol. The molecule has 0 aromatic carbocycles. The average molecular weight is 417 g/mol. The van der Waals surface area contributed by atoms with Gasteiger partial charge in [0, 0.05) is 31.2 Å². The second-order valence-electron chi connectivity index (χ2n) is 7.58. The number of ether oxygens (including phenoxy) is 2. The zero-order valence-corrected chi connectivity index (χ0v) is 17.2. The maximum Gasteiger partial charge on any atom is 0.232 e. The van der Waals surface area contributed by atoms with E-state index in [-0.39, 0.29) is 6.04 Å². The Hall–Kier alpha value is -2.72. The van der Waals surface area contributed by atoms with E-state index in [0.717, 1.165) is 11.9 Å². The molecule has 162 valence electrons. The van der Waals surface area contributed by atoms with Gasteiger partial charge in [-0.05, 0) is 26.3 Å². The first-order valence-corrected chi connectivity index (χ1v) is 10.3. The Morgan fingerprint density at radius 3 is 2.97 bits per heavy atom. The number of fused-ring (bicyclic) bond motifs is 1. The van der Waals surface area contributed by atoms with Crippen LogP contribution in [0.3, 0.4) is 0 Å². The summed E-state index contributed by atoms with van der Waals surface area (Å²) in [5, 5.41) is 14.9. The Balaban J connectivity index is 1.46. The maximum absolute atomic E-state index is 14.8. The van der Waals surface area contributed by atoms with Gasteiger partial charge < -0.3 is 30.5 Å². The first-order chi connectivity index (χ1) is 14.6. The van der Waals surface area contributed by atoms with Crippen molar-refractivity contribution in [1.82, 2.24) is 25.2 Å². The Bertz CT molecular complexity index is 927. The molecule has 0 saturated carbocycles. The molecule has 30 heavy (non-hydrogen) atoms. The van der Waals surface area contributed by atoms with Crippen molar-refractivity contribution in [2.45, 2.75) is 38.5 Å². The maximum atomic E-state index is 14.8. The summed E-state index contributed by atoms with van der Waals surface area (Å²) in [5.74, 6) is 0.780. The van der Waals surface area contributed by atoms with E-state index in [2.05, 4.69) is 30.5 Å². The normalized spacial score (nSPS) is 23.6. The van der Waals surface area contributed by atoms with Gasteiger partial charge in [0.25, 0.3) is 0 Å². The van der Waals surface area contributed by atoms with Crippen molar-refractivity contribution in [2.75, 3.05) is 38.2 Å². The molecule has 9 nitrogen and oxygen atoms in total. The van der Waals surface area contributed by atoms with Crippen LogP contribution in [0.25, 0.3) is 11.0 Å². The molecule has 0 radical (unpaired) electrons. The van der Waals surface area contributed by atoms with Crippen molar-refractivity contribution in [1.29, 1.82) is 5.41 Å². The average Bonchev–Trinajstić information content (AvgIpc) is 3.16. The van der Waals surface area contributed by atoms with Gasteiger partial charge >= 0.3 is 0 Å². The van der Waals surface area contributed by atoms with Crippen LogP contribution in [0.4, 0.5) is 10.3 Å². The van der Waals surface area contributed by atoms with Crippen LogP contribution in [0.5, 0.6) is 5.88 Å². The van der Waals surface area contributed by atoms with Gasteiger partial charge in [0.2, 0.25) is 11.8 Å². The number of likely N-dealkylation sites (tertiary alicyclic amines) is 1. The molecule has 2 unspecified atom stereocenters. The molecular weight excluding hydrogens is 389 g/mol. The first-order valence-electron chi connectivity index (χ1n) is 10.3. The van der Waals surface area contributed by atoms with Crippen molar-refractivity contribution in [3.05, 3.63) is 23.7 Å². The topological polar surface area (TPSA) is 111 Å². The van der Waals surface area contributed by atoms with Crippen molar-refractivity contribution in [3.63, 3.8) is 0 Å². The van der Waals surface area contributed by atoms with Gasteiger partial charge in [0.15, 0.2) is 0 Å². The van der Waals surface area contributed by atoms with E-state index < -0.39 is 6.17 Å². The number of aromatic nitrogens is 3. The van der Waals surface area contributed by atoms with E-state index >= 15 is 0 Å². The second-order valence-corrected chi connectivity index (χ2v) is 7.58. The number of nitrogens with zero attached hydrogens (tertiary/aromatic N) is 3. The van der Waals surface area contributed by atoms with E-state index in [4.69, 9.17) is 14.9 Å². The summed E-state index contributed by atoms with van der Waals surface area (Å²) >= 11 is 0. The molecule has 2 fully saturated rings. The Morgan fingerprint density at radius 1 is 1.47 bits per heavy atom. The highest BCUT2D eigenvalue weighted by Crippen LogP contribution is 2.24. The van der Waals surface area contributed by atoms with Crippen molar-refractivity contribution in [2.24, 2.45) is 0 Å². The SMILES string of the molecule is CCOc1nc(N/C(C=N)=C(\C)NC2CCN(C3COC3)CC2F)nc2[nH]ccc12. The molecule has 2 saturated heterocycles. The van der Waals surface area contributed by atoms with E-state index in [1.165, 1.54) is 6.21 Å². The number of hydrogen-bond acceptors (Lipinski definition) is 8. The number of allylic oxidation sites excluding steroid dienone is 2. The third kappa shape index (κ3) is 4.24. The van der Waals surface area contributed by atoms with Gasteiger partial charge in [0.1, 0.15) is 11.8 Å². The number of rotatable bonds is 8. The van der Waals surface area contributed by atoms with Crippen molar-refractivity contribution >= 4 is 23.2 Å². The van der Waals surface area contributed by atoms with Crippen LogP contribution in [0.2, 0.25) is 0 Å². The summed E-state index contributed by atoms with van der Waals surface area (Å²) < 4.78 is 25.6. The Labute approximate surface area is 174 Å². The molecule has 4 heterocycles. The quantitative estimate of drug-likeness (QED) is 0.487. The van der Waals surface area contributed by atoms with E-state index in [0.29, 0.717) is 67.7 Å². The smallest absolute Gasteiger partial charge is 0.232 e. The highest BCUT2D eigenvalue weighted by molar-refractivity contribution is 5.84. The fraction of sp³-hybridized carbons (Fsp3) is 0.550. The van der Waals surface area contributed by atoms with Gasteiger partial charge in [-0.2, -0.15) is 9.97 Å². The van der Waals surface area contributed by atoms with Gasteiger partial charge in [-0.25, -0.2) is 4.39 Å². The lowest BCUT2D eigenvalue weighted by molar-refractivity contribution is -0.0814. The number of anilines is 1. The highest BCUT2D eigenvalue weighted by Gasteiger charge is 2.35. The molecule has 2 aromatic heterocycles. The van der Waals surface area contributed by atoms with Crippen LogP contribution < -0.4 is 15.4 Å². The Kier molecular flexibility index (Phi) is 6.14. The summed E-state index contributed by atoms with van der Waals surface area (Å²) in [6, 6.07) is 1.90. The minimum absolute atomic E-state index is 0.301. The van der Waals surface area contributed by atoms with Gasteiger partial charge in [-0.15, -0.1) is 0 Å². The lowest BCUT2D eigenvalue weighted by atomic mass is 10.00. The summed E-state index contributed by atoms with van der Waals surface area (Å²) in [5.41, 5.74) is 1.79. The fourth-order valence-electron chi connectivity index (χ4n) is 3.79. The highest BCUT2D eigenvalue weighted by atomic mass is 19.1. The number of H-pyrrole nitrogens is 1. The van der Waals surface area contributed by atoms with Gasteiger partial charge in [-0.3, -0.25) is 4.90 Å². The molecule has 0 bridgehead atoms. The van der Waals surface area contributed by atoms with Crippen LogP contribution in [0.1, 0.15) is 20.3 Å². The molecular formula is C20H28FN7O2. The predicted molar refractivity (Wildman–Crippen MR) is 113 cm³/mol. The zero-order valence-electron chi connectivity index (χ0n) is 17.2. The third-order valence-corrected chi connectivity index (χ3v) is 5.57. The molecule has 2 atom stereocenters. The first kappa shape index (κ1) is 20.5. The minimum Gasteiger partial charge on any atom is -0.477 e. The molecule has 2 aliphatic heterocycles. The molecule has 4 N–H and O–H groups in total. The number of alkyl halides is 1. The number of piperidine rings is 1. The number of nitrogens with one attached hydrogen (secondary N) is 4. The Morgan fingerprint density at radius 2 is 2.30 bits per heavy atom. The molecule has 2 aromatic rings. The van der Waals surface area contributed by atoms with Crippen LogP contribution in [0, 0.1) is 5.41 Å². The fourth-order valence-corrected chi connectivity index (χ4v) is 3.79. The molecule has 0 amide bonds. The second kappa shape index (κ2) is 8.97. The molecule has 4 rings (SSSR count). The van der Waals surface area contributed by atoms with Gasteiger partial charge in [-0.1, -0.05) is 0 Å². The number of aromatic amines is 1. The van der Waals surface area contributed by atoms with E-state index in [1.807, 2.05) is 19.9 Å². The van der Waals surface area contributed by atoms with Crippen LogP contribution in [-0.4, -0.2) is 77.2 Å². The number of hydrogen-bond donors (Lipinski definition) is 4. The van der Waals surface area contributed by atoms with Crippen LogP contribution in [-0.2, 0) is 4.74 Å². The van der Waals surface area contributed by atoms with Crippen LogP contribution >= 0.6 is 0 Å². The predicted octanol–water partition coefficient (Wildman–Crippen LogP) is 2.05. The largest absolute Gasteiger partial charge is 0.477 e. The summed E-state index contributed by atoms with van der Waals surface area (Å²) in [4.78, 5) is 14.1. The standard InChI is InChI=1S/C20H28FN7O2/c1-3-30-19-14-4-6-23-18(14)26-20(27-19)25-17(8-22)12(2)24-16-5-7-28(9-15(16)21)13-10-29-11-13/h4,6,8,13,15-16,22,24H,3,5,7,9-11H2,1-2H3,(H2,23,25,26,27)/b17-12+,22-8?. The molecule has 2 aliphatic rings. The summed E-state index contributed by atoms with van der Waals surface area (Å²) in [7, 11) is 0. The van der Waals surface area contributed by atoms with Crippen molar-refractivity contribution < 1.29 is 13.9 Å². The summed E-state index contributed by atoms with van der Waals surface area (Å²) in [6.45, 7) is 6.81. The zero-order chi connectivity index (χ0) is 21.1. The third-order valence-electron chi connectivity index (χ3n) is 5.57. The van der Waals surface area contributed by atoms with Crippen molar-refractivity contribution in [3.8, 4) is 5.88 Å². The minimum atomic E-state index is -0.989. The molecule has 10 heteroatoms. The molecule has 0 aliphatic carbocycles. The summed E-state index contributed by atoms with van der Waals surface area (Å²) in [6.07, 6.45) is 2.66. The lowest BCUT2D eigenvalue weighted by Gasteiger charge is -2.43. The number of halogens is 1. The van der Waals surface area contributed by atoms with E-state index in [1.54, 1.807) is 6.20 Å². The van der Waals surface area contributed by atoms with Crippen LogP contribution in [0.15, 0.2) is 23.7 Å². The van der Waals surface area contributed by atoms with Gasteiger partial charge in [0.05, 0.1) is 43.0 Å². The molecule has 0 spiro atoms.